The van der Waals surface area contributed by atoms with Crippen molar-refractivity contribution in [1.82, 2.24) is 5.32 Å². The zero-order valence-corrected chi connectivity index (χ0v) is 14.1. The largest absolute Gasteiger partial charge is 0.310 e. The van der Waals surface area contributed by atoms with E-state index in [1.807, 2.05) is 0 Å². The summed E-state index contributed by atoms with van der Waals surface area (Å²) in [5.41, 5.74) is 4.50. The van der Waals surface area contributed by atoms with Gasteiger partial charge in [-0.05, 0) is 63.8 Å². The molecule has 1 aromatic carbocycles. The van der Waals surface area contributed by atoms with Gasteiger partial charge < -0.3 is 5.32 Å². The molecule has 0 amide bonds. The van der Waals surface area contributed by atoms with Crippen molar-refractivity contribution in [1.29, 1.82) is 0 Å². The zero-order chi connectivity index (χ0) is 13.9. The minimum atomic E-state index is 0.419. The summed E-state index contributed by atoms with van der Waals surface area (Å²) in [5.74, 6) is 0.589. The van der Waals surface area contributed by atoms with Gasteiger partial charge in [-0.2, -0.15) is 11.3 Å². The van der Waals surface area contributed by atoms with Crippen LogP contribution in [0.2, 0.25) is 0 Å². The molecule has 0 bridgehead atoms. The molecule has 0 radical (unpaired) electrons. The molecule has 2 aromatic rings. The van der Waals surface area contributed by atoms with Gasteiger partial charge in [0.15, 0.2) is 0 Å². The lowest BCUT2D eigenvalue weighted by Gasteiger charge is -2.33. The van der Waals surface area contributed by atoms with Gasteiger partial charge in [-0.15, -0.1) is 0 Å². The molecular weight excluding hydrogens is 330 g/mol. The minimum absolute atomic E-state index is 0.419. The minimum Gasteiger partial charge on any atom is -0.310 e. The first-order valence-electron chi connectivity index (χ1n) is 7.34. The normalized spacial score (nSPS) is 19.6. The Hall–Kier alpha value is -0.640. The second kappa shape index (κ2) is 6.42. The van der Waals surface area contributed by atoms with Gasteiger partial charge in [-0.25, -0.2) is 0 Å². The SMILES string of the molecule is CCNC(c1cscc1Br)C1CCCc2ccccc21. The van der Waals surface area contributed by atoms with Gasteiger partial charge >= 0.3 is 0 Å². The number of halogens is 1. The summed E-state index contributed by atoms with van der Waals surface area (Å²) >= 11 is 5.49. The number of fused-ring (bicyclic) bond motifs is 1. The molecule has 1 N–H and O–H groups in total. The summed E-state index contributed by atoms with van der Waals surface area (Å²) in [6.07, 6.45) is 3.80. The Labute approximate surface area is 133 Å². The highest BCUT2D eigenvalue weighted by Gasteiger charge is 2.29. The Morgan fingerprint density at radius 1 is 1.35 bits per heavy atom. The van der Waals surface area contributed by atoms with Crippen molar-refractivity contribution in [2.45, 2.75) is 38.1 Å². The predicted octanol–water partition coefficient (Wildman–Crippen LogP) is 5.28. The van der Waals surface area contributed by atoms with Crippen molar-refractivity contribution in [2.24, 2.45) is 0 Å². The molecule has 0 fully saturated rings. The molecule has 0 spiro atoms. The zero-order valence-electron chi connectivity index (χ0n) is 11.7. The van der Waals surface area contributed by atoms with Crippen molar-refractivity contribution in [3.63, 3.8) is 0 Å². The lowest BCUT2D eigenvalue weighted by Crippen LogP contribution is -2.29. The molecule has 0 saturated carbocycles. The van der Waals surface area contributed by atoms with E-state index >= 15 is 0 Å². The number of nitrogens with one attached hydrogen (secondary N) is 1. The van der Waals surface area contributed by atoms with Crippen LogP contribution in [0.5, 0.6) is 0 Å². The second-order valence-electron chi connectivity index (χ2n) is 5.41. The maximum atomic E-state index is 3.71. The lowest BCUT2D eigenvalue weighted by molar-refractivity contribution is 0.408. The van der Waals surface area contributed by atoms with Crippen molar-refractivity contribution in [3.8, 4) is 0 Å². The van der Waals surface area contributed by atoms with E-state index in [1.165, 1.54) is 34.9 Å². The van der Waals surface area contributed by atoms with Crippen molar-refractivity contribution in [3.05, 3.63) is 56.2 Å². The summed E-state index contributed by atoms with van der Waals surface area (Å²) in [7, 11) is 0. The van der Waals surface area contributed by atoms with E-state index in [1.54, 1.807) is 16.9 Å². The first kappa shape index (κ1) is 14.3. The molecule has 20 heavy (non-hydrogen) atoms. The van der Waals surface area contributed by atoms with Crippen molar-refractivity contribution >= 4 is 27.3 Å². The Bertz CT molecular complexity index is 578. The quantitative estimate of drug-likeness (QED) is 0.791. The topological polar surface area (TPSA) is 12.0 Å². The molecule has 2 unspecified atom stereocenters. The molecule has 0 aliphatic heterocycles. The average molecular weight is 350 g/mol. The van der Waals surface area contributed by atoms with E-state index in [-0.39, 0.29) is 0 Å². The Balaban J connectivity index is 1.99. The van der Waals surface area contributed by atoms with Gasteiger partial charge in [0.2, 0.25) is 0 Å². The van der Waals surface area contributed by atoms with E-state index in [2.05, 4.69) is 63.2 Å². The molecule has 1 aromatic heterocycles. The molecule has 0 saturated heterocycles. The third-order valence-electron chi connectivity index (χ3n) is 4.22. The van der Waals surface area contributed by atoms with Crippen LogP contribution in [0, 0.1) is 0 Å². The summed E-state index contributed by atoms with van der Waals surface area (Å²) in [6.45, 7) is 3.20. The number of hydrogen-bond acceptors (Lipinski definition) is 2. The van der Waals surface area contributed by atoms with Gasteiger partial charge in [0.05, 0.1) is 0 Å². The van der Waals surface area contributed by atoms with Crippen LogP contribution in [-0.4, -0.2) is 6.54 Å². The highest BCUT2D eigenvalue weighted by molar-refractivity contribution is 9.10. The van der Waals surface area contributed by atoms with Gasteiger partial charge in [0.1, 0.15) is 0 Å². The summed E-state index contributed by atoms with van der Waals surface area (Å²) in [6, 6.07) is 9.39. The van der Waals surface area contributed by atoms with Gasteiger partial charge in [0.25, 0.3) is 0 Å². The Kier molecular flexibility index (Phi) is 4.59. The van der Waals surface area contributed by atoms with Crippen LogP contribution >= 0.6 is 27.3 Å². The van der Waals surface area contributed by atoms with E-state index in [9.17, 15) is 0 Å². The van der Waals surface area contributed by atoms with Crippen LogP contribution in [0.25, 0.3) is 0 Å². The fourth-order valence-electron chi connectivity index (χ4n) is 3.34. The Morgan fingerprint density at radius 2 is 2.20 bits per heavy atom. The van der Waals surface area contributed by atoms with Gasteiger partial charge in [-0.1, -0.05) is 31.2 Å². The maximum absolute atomic E-state index is 3.71. The monoisotopic (exact) mass is 349 g/mol. The molecule has 1 aliphatic carbocycles. The molecule has 3 heteroatoms. The van der Waals surface area contributed by atoms with Crippen molar-refractivity contribution < 1.29 is 0 Å². The number of hydrogen-bond donors (Lipinski definition) is 1. The van der Waals surface area contributed by atoms with E-state index in [4.69, 9.17) is 0 Å². The number of likely N-dealkylation sites (N-methyl/N-ethyl adjacent to an activating group) is 1. The van der Waals surface area contributed by atoms with Crippen LogP contribution in [0.1, 0.15) is 48.4 Å². The molecule has 1 aliphatic rings. The summed E-state index contributed by atoms with van der Waals surface area (Å²) < 4.78 is 1.25. The molecule has 3 rings (SSSR count). The van der Waals surface area contributed by atoms with Crippen LogP contribution in [0.3, 0.4) is 0 Å². The maximum Gasteiger partial charge on any atom is 0.0409 e. The highest BCUT2D eigenvalue weighted by Crippen LogP contribution is 2.42. The smallest absolute Gasteiger partial charge is 0.0409 e. The predicted molar refractivity (Wildman–Crippen MR) is 90.6 cm³/mol. The second-order valence-corrected chi connectivity index (χ2v) is 7.01. The van der Waals surface area contributed by atoms with Gasteiger partial charge in [-0.3, -0.25) is 0 Å². The molecule has 1 heterocycles. The molecule has 106 valence electrons. The van der Waals surface area contributed by atoms with Crippen LogP contribution < -0.4 is 5.32 Å². The number of benzene rings is 1. The fourth-order valence-corrected chi connectivity index (χ4v) is 4.92. The third-order valence-corrected chi connectivity index (χ3v) is 5.97. The fraction of sp³-hybridized carbons (Fsp3) is 0.412. The Morgan fingerprint density at radius 3 is 2.95 bits per heavy atom. The van der Waals surface area contributed by atoms with Crippen LogP contribution in [-0.2, 0) is 6.42 Å². The highest BCUT2D eigenvalue weighted by atomic mass is 79.9. The summed E-state index contributed by atoms with van der Waals surface area (Å²) in [4.78, 5) is 0. The van der Waals surface area contributed by atoms with Gasteiger partial charge in [0, 0.05) is 21.8 Å². The number of aryl methyl sites for hydroxylation is 1. The lowest BCUT2D eigenvalue weighted by atomic mass is 9.77. The van der Waals surface area contributed by atoms with Crippen LogP contribution in [0.4, 0.5) is 0 Å². The van der Waals surface area contributed by atoms with Crippen molar-refractivity contribution in [2.75, 3.05) is 6.54 Å². The number of rotatable bonds is 4. The summed E-state index contributed by atoms with van der Waals surface area (Å²) in [5, 5.41) is 8.19. The van der Waals surface area contributed by atoms with E-state index < -0.39 is 0 Å². The molecule has 2 atom stereocenters. The average Bonchev–Trinajstić information content (AvgIpc) is 2.90. The first-order chi connectivity index (χ1) is 9.81. The standard InChI is InChI=1S/C17H20BrNS/c1-2-19-17(15-10-20-11-16(15)18)14-9-5-7-12-6-3-4-8-13(12)14/h3-4,6,8,10-11,14,17,19H,2,5,7,9H2,1H3. The number of thiophene rings is 1. The molecule has 1 nitrogen and oxygen atoms in total. The molecular formula is C17H20BrNS. The van der Waals surface area contributed by atoms with E-state index in [0.717, 1.165) is 6.54 Å². The third kappa shape index (κ3) is 2.72. The van der Waals surface area contributed by atoms with Crippen LogP contribution in [0.15, 0.2) is 39.5 Å². The first-order valence-corrected chi connectivity index (χ1v) is 9.07. The van der Waals surface area contributed by atoms with E-state index in [0.29, 0.717) is 12.0 Å².